The Bertz CT molecular complexity index is 1160. The second-order valence-corrected chi connectivity index (χ2v) is 9.80. The summed E-state index contributed by atoms with van der Waals surface area (Å²) in [6.45, 7) is 4.82. The normalized spacial score (nSPS) is 18.3. The zero-order valence-corrected chi connectivity index (χ0v) is 20.5. The minimum atomic E-state index is -4.36. The van der Waals surface area contributed by atoms with Crippen molar-refractivity contribution in [2.24, 2.45) is 0 Å². The van der Waals surface area contributed by atoms with Crippen LogP contribution in [-0.2, 0) is 18.1 Å². The molecule has 0 bridgehead atoms. The Morgan fingerprint density at radius 2 is 1.81 bits per heavy atom. The molecule has 5 rings (SSSR count). The van der Waals surface area contributed by atoms with Crippen LogP contribution in [0.2, 0.25) is 5.02 Å². The SMILES string of the molecule is FC(F)(F)c1ccnc(N2CCN(CCNCc3nc(C4(c5ccc(Cl)cc5)CCC4)no3)CC2)c1. The minimum absolute atomic E-state index is 0.194. The Morgan fingerprint density at radius 1 is 1.06 bits per heavy atom. The molecule has 0 radical (unpaired) electrons. The van der Waals surface area contributed by atoms with Crippen molar-refractivity contribution in [2.75, 3.05) is 44.2 Å². The lowest BCUT2D eigenvalue weighted by molar-refractivity contribution is -0.137. The molecule has 3 aromatic rings. The van der Waals surface area contributed by atoms with Crippen molar-refractivity contribution in [2.45, 2.75) is 37.4 Å². The molecule has 1 aromatic carbocycles. The molecule has 1 N–H and O–H groups in total. The summed E-state index contributed by atoms with van der Waals surface area (Å²) in [5.41, 5.74) is 0.304. The number of piperazine rings is 1. The van der Waals surface area contributed by atoms with Gasteiger partial charge in [-0.05, 0) is 42.7 Å². The Kier molecular flexibility index (Phi) is 7.18. The maximum Gasteiger partial charge on any atom is 0.416 e. The van der Waals surface area contributed by atoms with Gasteiger partial charge in [-0.2, -0.15) is 18.2 Å². The van der Waals surface area contributed by atoms with Crippen LogP contribution in [0.25, 0.3) is 0 Å². The van der Waals surface area contributed by atoms with Crippen LogP contribution in [0.4, 0.5) is 19.0 Å². The average molecular weight is 521 g/mol. The molecule has 1 aliphatic heterocycles. The van der Waals surface area contributed by atoms with Gasteiger partial charge in [0.05, 0.1) is 17.5 Å². The van der Waals surface area contributed by atoms with E-state index in [0.29, 0.717) is 36.4 Å². The molecule has 7 nitrogen and oxygen atoms in total. The number of pyridine rings is 1. The van der Waals surface area contributed by atoms with Crippen LogP contribution in [-0.4, -0.2) is 59.3 Å². The van der Waals surface area contributed by atoms with Crippen LogP contribution >= 0.6 is 11.6 Å². The summed E-state index contributed by atoms with van der Waals surface area (Å²) >= 11 is 6.05. The van der Waals surface area contributed by atoms with Gasteiger partial charge in [-0.1, -0.05) is 35.3 Å². The standard InChI is InChI=1S/C25H28ClF3N6O/c26-20-4-2-18(3-5-20)24(7-1-8-24)23-32-22(36-33-23)17-30-10-11-34-12-14-35(15-13-34)21-16-19(6-9-31-21)25(27,28)29/h2-6,9,16,30H,1,7-8,10-15,17H2. The van der Waals surface area contributed by atoms with Crippen molar-refractivity contribution < 1.29 is 17.7 Å². The van der Waals surface area contributed by atoms with Crippen LogP contribution in [0.15, 0.2) is 47.1 Å². The number of nitrogens with zero attached hydrogens (tertiary/aromatic N) is 5. The first-order valence-electron chi connectivity index (χ1n) is 12.1. The van der Waals surface area contributed by atoms with Crippen molar-refractivity contribution in [3.05, 3.63) is 70.5 Å². The Labute approximate surface area is 212 Å². The third kappa shape index (κ3) is 5.35. The van der Waals surface area contributed by atoms with E-state index in [1.807, 2.05) is 29.2 Å². The number of nitrogens with one attached hydrogen (secondary N) is 1. The van der Waals surface area contributed by atoms with E-state index in [-0.39, 0.29) is 5.41 Å². The van der Waals surface area contributed by atoms with Gasteiger partial charge in [0.15, 0.2) is 5.82 Å². The smallest absolute Gasteiger partial charge is 0.354 e. The van der Waals surface area contributed by atoms with Crippen molar-refractivity contribution in [3.63, 3.8) is 0 Å². The molecule has 192 valence electrons. The number of halogens is 4. The predicted octanol–water partition coefficient (Wildman–Crippen LogP) is 4.52. The van der Waals surface area contributed by atoms with Crippen molar-refractivity contribution in [1.29, 1.82) is 0 Å². The topological polar surface area (TPSA) is 70.3 Å². The summed E-state index contributed by atoms with van der Waals surface area (Å²) in [4.78, 5) is 13.0. The van der Waals surface area contributed by atoms with Gasteiger partial charge in [0.2, 0.25) is 5.89 Å². The quantitative estimate of drug-likeness (QED) is 0.438. The molecule has 1 saturated heterocycles. The maximum atomic E-state index is 13.0. The molecule has 2 aliphatic rings. The first-order chi connectivity index (χ1) is 17.3. The second kappa shape index (κ2) is 10.4. The maximum absolute atomic E-state index is 13.0. The van der Waals surface area contributed by atoms with E-state index in [4.69, 9.17) is 16.1 Å². The predicted molar refractivity (Wildman–Crippen MR) is 130 cm³/mol. The van der Waals surface area contributed by atoms with E-state index < -0.39 is 11.7 Å². The molecule has 0 spiro atoms. The van der Waals surface area contributed by atoms with Gasteiger partial charge in [0.1, 0.15) is 5.82 Å². The molecular weight excluding hydrogens is 493 g/mol. The molecule has 0 atom stereocenters. The van der Waals surface area contributed by atoms with Gasteiger partial charge in [0.25, 0.3) is 0 Å². The molecule has 2 fully saturated rings. The number of benzene rings is 1. The fourth-order valence-corrected chi connectivity index (χ4v) is 4.99. The van der Waals surface area contributed by atoms with Crippen LogP contribution in [0.1, 0.15) is 42.1 Å². The second-order valence-electron chi connectivity index (χ2n) is 9.36. The van der Waals surface area contributed by atoms with Crippen LogP contribution < -0.4 is 10.2 Å². The van der Waals surface area contributed by atoms with Gasteiger partial charge in [-0.3, -0.25) is 4.90 Å². The van der Waals surface area contributed by atoms with Crippen molar-refractivity contribution in [1.82, 2.24) is 25.3 Å². The number of anilines is 1. The molecule has 0 amide bonds. The first kappa shape index (κ1) is 25.0. The number of rotatable bonds is 8. The Hall–Kier alpha value is -2.69. The minimum Gasteiger partial charge on any atom is -0.354 e. The largest absolute Gasteiger partial charge is 0.416 e. The molecule has 2 aromatic heterocycles. The molecule has 0 unspecified atom stereocenters. The van der Waals surface area contributed by atoms with Gasteiger partial charge in [-0.25, -0.2) is 4.98 Å². The van der Waals surface area contributed by atoms with Gasteiger partial charge in [0, 0.05) is 50.5 Å². The van der Waals surface area contributed by atoms with E-state index in [9.17, 15) is 13.2 Å². The molecule has 36 heavy (non-hydrogen) atoms. The van der Waals surface area contributed by atoms with Crippen molar-refractivity contribution in [3.8, 4) is 0 Å². The molecule has 1 aliphatic carbocycles. The zero-order valence-electron chi connectivity index (χ0n) is 19.8. The number of alkyl halides is 3. The third-order valence-electron chi connectivity index (χ3n) is 7.15. The highest BCUT2D eigenvalue weighted by Crippen LogP contribution is 2.47. The lowest BCUT2D eigenvalue weighted by atomic mass is 9.64. The Morgan fingerprint density at radius 3 is 2.47 bits per heavy atom. The summed E-state index contributed by atoms with van der Waals surface area (Å²) in [5, 5.41) is 8.35. The summed E-state index contributed by atoms with van der Waals surface area (Å²) < 4.78 is 44.5. The van der Waals surface area contributed by atoms with E-state index in [2.05, 4.69) is 25.3 Å². The summed E-state index contributed by atoms with van der Waals surface area (Å²) in [6, 6.07) is 10.0. The number of aromatic nitrogens is 3. The lowest BCUT2D eigenvalue weighted by Crippen LogP contribution is -2.48. The van der Waals surface area contributed by atoms with Gasteiger partial charge >= 0.3 is 6.18 Å². The highest BCUT2D eigenvalue weighted by Gasteiger charge is 2.44. The number of hydrogen-bond acceptors (Lipinski definition) is 7. The van der Waals surface area contributed by atoms with Crippen LogP contribution in [0.5, 0.6) is 0 Å². The fourth-order valence-electron chi connectivity index (χ4n) is 4.86. The lowest BCUT2D eigenvalue weighted by Gasteiger charge is -2.39. The molecule has 11 heteroatoms. The fraction of sp³-hybridized carbons (Fsp3) is 0.480. The number of hydrogen-bond donors (Lipinski definition) is 1. The van der Waals surface area contributed by atoms with Crippen molar-refractivity contribution >= 4 is 17.4 Å². The van der Waals surface area contributed by atoms with Gasteiger partial charge in [-0.15, -0.1) is 0 Å². The van der Waals surface area contributed by atoms with Gasteiger partial charge < -0.3 is 14.7 Å². The highest BCUT2D eigenvalue weighted by molar-refractivity contribution is 6.30. The van der Waals surface area contributed by atoms with E-state index in [0.717, 1.165) is 69.0 Å². The monoisotopic (exact) mass is 520 g/mol. The summed E-state index contributed by atoms with van der Waals surface area (Å²) in [7, 11) is 0. The Balaban J connectivity index is 1.07. The summed E-state index contributed by atoms with van der Waals surface area (Å²) in [5.74, 6) is 1.66. The zero-order chi connectivity index (χ0) is 25.2. The van der Waals surface area contributed by atoms with E-state index >= 15 is 0 Å². The highest BCUT2D eigenvalue weighted by atomic mass is 35.5. The first-order valence-corrected chi connectivity index (χ1v) is 12.5. The summed E-state index contributed by atoms with van der Waals surface area (Å²) in [6.07, 6.45) is -0.0355. The average Bonchev–Trinajstić information content (AvgIpc) is 3.31. The molecule has 3 heterocycles. The molecular formula is C25H28ClF3N6O. The van der Waals surface area contributed by atoms with E-state index in [1.54, 1.807) is 0 Å². The van der Waals surface area contributed by atoms with Crippen LogP contribution in [0, 0.1) is 0 Å². The van der Waals surface area contributed by atoms with Crippen LogP contribution in [0.3, 0.4) is 0 Å². The van der Waals surface area contributed by atoms with E-state index in [1.165, 1.54) is 6.20 Å². The molecule has 1 saturated carbocycles. The third-order valence-corrected chi connectivity index (χ3v) is 7.40.